The molecule has 0 aliphatic carbocycles. The standard InChI is InChI=1S/C13H17ClN6/c1-9(2)10-4-7-19(8-10)12-16-11(14)17-13(18-12)20-6-3-5-15-20/h3,5-6,9-10H,4,7-8H2,1-2H3. The normalized spacial score (nSPS) is 19.0. The minimum Gasteiger partial charge on any atom is -0.340 e. The third-order valence-electron chi connectivity index (χ3n) is 3.74. The van der Waals surface area contributed by atoms with Gasteiger partial charge in [0.05, 0.1) is 0 Å². The lowest BCUT2D eigenvalue weighted by Gasteiger charge is -2.18. The van der Waals surface area contributed by atoms with Crippen LogP contribution in [-0.2, 0) is 0 Å². The van der Waals surface area contributed by atoms with Gasteiger partial charge in [0.2, 0.25) is 11.2 Å². The molecule has 0 saturated carbocycles. The molecule has 106 valence electrons. The van der Waals surface area contributed by atoms with Gasteiger partial charge in [-0.3, -0.25) is 0 Å². The molecular weight excluding hydrogens is 276 g/mol. The van der Waals surface area contributed by atoms with Crippen LogP contribution in [0.5, 0.6) is 0 Å². The highest BCUT2D eigenvalue weighted by Gasteiger charge is 2.27. The summed E-state index contributed by atoms with van der Waals surface area (Å²) in [5.74, 6) is 2.44. The zero-order chi connectivity index (χ0) is 14.1. The summed E-state index contributed by atoms with van der Waals surface area (Å²) in [5, 5.41) is 4.33. The molecule has 1 unspecified atom stereocenters. The van der Waals surface area contributed by atoms with Crippen molar-refractivity contribution >= 4 is 17.5 Å². The third-order valence-corrected chi connectivity index (χ3v) is 3.91. The van der Waals surface area contributed by atoms with Gasteiger partial charge in [0, 0.05) is 25.5 Å². The van der Waals surface area contributed by atoms with Gasteiger partial charge in [0.25, 0.3) is 5.95 Å². The van der Waals surface area contributed by atoms with Crippen molar-refractivity contribution in [2.75, 3.05) is 18.0 Å². The van der Waals surface area contributed by atoms with Crippen molar-refractivity contribution in [1.82, 2.24) is 24.7 Å². The van der Waals surface area contributed by atoms with E-state index in [4.69, 9.17) is 11.6 Å². The van der Waals surface area contributed by atoms with Gasteiger partial charge in [0.1, 0.15) is 0 Å². The first-order chi connectivity index (χ1) is 9.63. The Hall–Kier alpha value is -1.69. The van der Waals surface area contributed by atoms with Gasteiger partial charge in [-0.25, -0.2) is 4.68 Å². The van der Waals surface area contributed by atoms with Gasteiger partial charge in [-0.2, -0.15) is 20.1 Å². The van der Waals surface area contributed by atoms with E-state index in [2.05, 4.69) is 38.8 Å². The molecule has 6 nitrogen and oxygen atoms in total. The molecule has 1 aliphatic rings. The Morgan fingerprint density at radius 2 is 2.05 bits per heavy atom. The van der Waals surface area contributed by atoms with Crippen molar-refractivity contribution in [3.05, 3.63) is 23.7 Å². The topological polar surface area (TPSA) is 59.7 Å². The first-order valence-corrected chi connectivity index (χ1v) is 7.18. The fraction of sp³-hybridized carbons (Fsp3) is 0.538. The predicted octanol–water partition coefficient (Wildman–Crippen LogP) is 2.19. The lowest BCUT2D eigenvalue weighted by Crippen LogP contribution is -2.24. The summed E-state index contributed by atoms with van der Waals surface area (Å²) in [6.45, 7) is 6.44. The largest absolute Gasteiger partial charge is 0.340 e. The summed E-state index contributed by atoms with van der Waals surface area (Å²) >= 11 is 6.01. The molecule has 1 aliphatic heterocycles. The number of hydrogen-bond donors (Lipinski definition) is 0. The van der Waals surface area contributed by atoms with Gasteiger partial charge in [-0.15, -0.1) is 0 Å². The van der Waals surface area contributed by atoms with Crippen LogP contribution in [0.4, 0.5) is 5.95 Å². The molecule has 0 amide bonds. The van der Waals surface area contributed by atoms with Crippen LogP contribution in [0.25, 0.3) is 5.95 Å². The molecule has 2 aromatic heterocycles. The fourth-order valence-corrected chi connectivity index (χ4v) is 2.62. The van der Waals surface area contributed by atoms with Crippen LogP contribution in [0.3, 0.4) is 0 Å². The molecule has 20 heavy (non-hydrogen) atoms. The second kappa shape index (κ2) is 5.36. The van der Waals surface area contributed by atoms with Crippen molar-refractivity contribution in [1.29, 1.82) is 0 Å². The highest BCUT2D eigenvalue weighted by molar-refractivity contribution is 6.28. The number of aromatic nitrogens is 5. The smallest absolute Gasteiger partial charge is 0.256 e. The molecule has 2 aromatic rings. The Bertz CT molecular complexity index is 583. The molecule has 7 heteroatoms. The van der Waals surface area contributed by atoms with Gasteiger partial charge >= 0.3 is 0 Å². The van der Waals surface area contributed by atoms with E-state index in [-0.39, 0.29) is 5.28 Å². The molecule has 1 fully saturated rings. The monoisotopic (exact) mass is 292 g/mol. The molecular formula is C13H17ClN6. The summed E-state index contributed by atoms with van der Waals surface area (Å²) in [5.41, 5.74) is 0. The third kappa shape index (κ3) is 2.60. The molecule has 1 saturated heterocycles. The van der Waals surface area contributed by atoms with Crippen molar-refractivity contribution in [2.45, 2.75) is 20.3 Å². The fourth-order valence-electron chi connectivity index (χ4n) is 2.47. The minimum atomic E-state index is 0.202. The predicted molar refractivity (Wildman–Crippen MR) is 77.1 cm³/mol. The average molecular weight is 293 g/mol. The van der Waals surface area contributed by atoms with Crippen molar-refractivity contribution in [2.24, 2.45) is 11.8 Å². The van der Waals surface area contributed by atoms with Crippen LogP contribution in [-0.4, -0.2) is 37.8 Å². The second-order valence-electron chi connectivity index (χ2n) is 5.39. The van der Waals surface area contributed by atoms with E-state index in [0.29, 0.717) is 23.7 Å². The summed E-state index contributed by atoms with van der Waals surface area (Å²) in [6.07, 6.45) is 4.64. The Labute approximate surface area is 122 Å². The van der Waals surface area contributed by atoms with E-state index in [1.54, 1.807) is 17.1 Å². The molecule has 0 radical (unpaired) electrons. The van der Waals surface area contributed by atoms with Crippen LogP contribution >= 0.6 is 11.6 Å². The van der Waals surface area contributed by atoms with E-state index in [1.807, 2.05) is 6.07 Å². The Kier molecular flexibility index (Phi) is 3.56. The maximum absolute atomic E-state index is 6.01. The van der Waals surface area contributed by atoms with Crippen LogP contribution in [0.2, 0.25) is 5.28 Å². The van der Waals surface area contributed by atoms with E-state index >= 15 is 0 Å². The maximum atomic E-state index is 6.01. The number of anilines is 1. The van der Waals surface area contributed by atoms with E-state index in [0.717, 1.165) is 19.5 Å². The van der Waals surface area contributed by atoms with Crippen molar-refractivity contribution < 1.29 is 0 Å². The summed E-state index contributed by atoms with van der Waals surface area (Å²) in [7, 11) is 0. The Balaban J connectivity index is 1.87. The van der Waals surface area contributed by atoms with Gasteiger partial charge in [-0.1, -0.05) is 13.8 Å². The number of rotatable bonds is 3. The van der Waals surface area contributed by atoms with Crippen LogP contribution in [0, 0.1) is 11.8 Å². The van der Waals surface area contributed by atoms with E-state index in [9.17, 15) is 0 Å². The lowest BCUT2D eigenvalue weighted by molar-refractivity contribution is 0.422. The van der Waals surface area contributed by atoms with Gasteiger partial charge < -0.3 is 4.90 Å². The maximum Gasteiger partial charge on any atom is 0.256 e. The van der Waals surface area contributed by atoms with Crippen LogP contribution < -0.4 is 4.90 Å². The number of halogens is 1. The summed E-state index contributed by atoms with van der Waals surface area (Å²) in [4.78, 5) is 15.0. The molecule has 0 spiro atoms. The zero-order valence-electron chi connectivity index (χ0n) is 11.6. The summed E-state index contributed by atoms with van der Waals surface area (Å²) < 4.78 is 1.59. The van der Waals surface area contributed by atoms with E-state index < -0.39 is 0 Å². The molecule has 3 heterocycles. The average Bonchev–Trinajstić information content (AvgIpc) is 3.10. The minimum absolute atomic E-state index is 0.202. The van der Waals surface area contributed by atoms with Gasteiger partial charge in [-0.05, 0) is 35.9 Å². The molecule has 3 rings (SSSR count). The highest BCUT2D eigenvalue weighted by atomic mass is 35.5. The van der Waals surface area contributed by atoms with Gasteiger partial charge in [0.15, 0.2) is 0 Å². The van der Waals surface area contributed by atoms with E-state index in [1.165, 1.54) is 0 Å². The molecule has 1 atom stereocenters. The highest BCUT2D eigenvalue weighted by Crippen LogP contribution is 2.26. The quantitative estimate of drug-likeness (QED) is 0.868. The zero-order valence-corrected chi connectivity index (χ0v) is 12.3. The SMILES string of the molecule is CC(C)C1CCN(c2nc(Cl)nc(-n3cccn3)n2)C1. The molecule has 0 N–H and O–H groups in total. The lowest BCUT2D eigenvalue weighted by atomic mass is 9.95. The molecule has 0 aromatic carbocycles. The van der Waals surface area contributed by atoms with Crippen LogP contribution in [0.15, 0.2) is 18.5 Å². The number of hydrogen-bond acceptors (Lipinski definition) is 5. The summed E-state index contributed by atoms with van der Waals surface area (Å²) in [6, 6.07) is 1.82. The van der Waals surface area contributed by atoms with Crippen molar-refractivity contribution in [3.63, 3.8) is 0 Å². The molecule has 0 bridgehead atoms. The first-order valence-electron chi connectivity index (χ1n) is 6.80. The Morgan fingerprint density at radius 1 is 1.25 bits per heavy atom. The number of nitrogens with zero attached hydrogens (tertiary/aromatic N) is 6. The first kappa shape index (κ1) is 13.3. The van der Waals surface area contributed by atoms with Crippen molar-refractivity contribution in [3.8, 4) is 5.95 Å². The van der Waals surface area contributed by atoms with Crippen LogP contribution in [0.1, 0.15) is 20.3 Å². The second-order valence-corrected chi connectivity index (χ2v) is 5.73. The Morgan fingerprint density at radius 3 is 2.70 bits per heavy atom.